The third kappa shape index (κ3) is 2.88. The Morgan fingerprint density at radius 2 is 1.62 bits per heavy atom. The van der Waals surface area contributed by atoms with E-state index < -0.39 is 17.6 Å². The van der Waals surface area contributed by atoms with Gasteiger partial charge in [-0.25, -0.2) is 0 Å². The van der Waals surface area contributed by atoms with E-state index in [9.17, 15) is 14.7 Å². The lowest BCUT2D eigenvalue weighted by molar-refractivity contribution is -0.138. The molecule has 0 atom stereocenters. The third-order valence-electron chi connectivity index (χ3n) is 3.99. The summed E-state index contributed by atoms with van der Waals surface area (Å²) in [6.45, 7) is 0.213. The van der Waals surface area contributed by atoms with E-state index in [4.69, 9.17) is 4.74 Å². The smallest absolute Gasteiger partial charge is 0.296 e. The molecule has 3 rings (SSSR count). The Kier molecular flexibility index (Phi) is 4.33. The number of ether oxygens (including phenoxy) is 1. The van der Waals surface area contributed by atoms with Gasteiger partial charge in [0.15, 0.2) is 5.76 Å². The molecule has 2 aromatic rings. The van der Waals surface area contributed by atoms with Crippen molar-refractivity contribution in [3.63, 3.8) is 0 Å². The summed E-state index contributed by atoms with van der Waals surface area (Å²) in [5, 5.41) is 10.1. The number of hydrogen-bond donors (Lipinski definition) is 1. The van der Waals surface area contributed by atoms with E-state index in [1.54, 1.807) is 31.4 Å². The van der Waals surface area contributed by atoms with E-state index in [1.807, 2.05) is 30.3 Å². The molecule has 5 nitrogen and oxygen atoms in total. The number of nitrogens with zero attached hydrogens (tertiary/aromatic N) is 1. The van der Waals surface area contributed by atoms with Crippen LogP contribution in [0.1, 0.15) is 11.1 Å². The van der Waals surface area contributed by atoms with Crippen LogP contribution in [0.2, 0.25) is 0 Å². The molecule has 0 aromatic heterocycles. The van der Waals surface area contributed by atoms with Crippen LogP contribution in [-0.4, -0.2) is 35.5 Å². The van der Waals surface area contributed by atoms with Gasteiger partial charge in [0.25, 0.3) is 11.8 Å². The molecule has 0 aliphatic carbocycles. The lowest BCUT2D eigenvalue weighted by Crippen LogP contribution is -2.33. The van der Waals surface area contributed by atoms with E-state index in [2.05, 4.69) is 0 Å². The molecule has 122 valence electrons. The van der Waals surface area contributed by atoms with Gasteiger partial charge in [-0.3, -0.25) is 14.5 Å². The van der Waals surface area contributed by atoms with Crippen LogP contribution in [0.4, 0.5) is 0 Å². The number of aliphatic hydroxyl groups is 1. The Hall–Kier alpha value is -3.08. The summed E-state index contributed by atoms with van der Waals surface area (Å²) >= 11 is 0. The van der Waals surface area contributed by atoms with Crippen molar-refractivity contribution in [2.75, 3.05) is 13.7 Å². The van der Waals surface area contributed by atoms with Gasteiger partial charge in [0.1, 0.15) is 5.75 Å². The van der Waals surface area contributed by atoms with Crippen molar-refractivity contribution in [1.82, 2.24) is 4.90 Å². The fraction of sp³-hybridized carbons (Fsp3) is 0.158. The number of rotatable bonds is 5. The van der Waals surface area contributed by atoms with Gasteiger partial charge in [0.2, 0.25) is 0 Å². The molecule has 0 bridgehead atoms. The molecule has 1 N–H and O–H groups in total. The average molecular weight is 323 g/mol. The summed E-state index contributed by atoms with van der Waals surface area (Å²) in [7, 11) is 1.59. The van der Waals surface area contributed by atoms with Gasteiger partial charge in [0, 0.05) is 6.54 Å². The second-order valence-corrected chi connectivity index (χ2v) is 5.45. The molecule has 0 unspecified atom stereocenters. The highest BCUT2D eigenvalue weighted by Crippen LogP contribution is 2.28. The third-order valence-corrected chi connectivity index (χ3v) is 3.99. The van der Waals surface area contributed by atoms with Crippen molar-refractivity contribution >= 4 is 17.4 Å². The summed E-state index contributed by atoms with van der Waals surface area (Å²) in [4.78, 5) is 25.8. The van der Waals surface area contributed by atoms with Crippen molar-refractivity contribution in [2.24, 2.45) is 0 Å². The highest BCUT2D eigenvalue weighted by Gasteiger charge is 2.38. The van der Waals surface area contributed by atoms with Crippen LogP contribution in [0, 0.1) is 0 Å². The van der Waals surface area contributed by atoms with Crippen molar-refractivity contribution in [1.29, 1.82) is 0 Å². The fourth-order valence-electron chi connectivity index (χ4n) is 2.66. The quantitative estimate of drug-likeness (QED) is 0.859. The number of imide groups is 1. The Morgan fingerprint density at radius 1 is 0.958 bits per heavy atom. The molecule has 0 radical (unpaired) electrons. The van der Waals surface area contributed by atoms with E-state index in [0.717, 1.165) is 16.2 Å². The molecular formula is C19H17NO4. The molecule has 2 amide bonds. The maximum atomic E-state index is 12.5. The maximum absolute atomic E-state index is 12.5. The van der Waals surface area contributed by atoms with Gasteiger partial charge >= 0.3 is 0 Å². The Morgan fingerprint density at radius 3 is 2.25 bits per heavy atom. The van der Waals surface area contributed by atoms with Crippen LogP contribution in [0.25, 0.3) is 5.57 Å². The monoisotopic (exact) mass is 323 g/mol. The van der Waals surface area contributed by atoms with Gasteiger partial charge in [-0.05, 0) is 29.7 Å². The molecular weight excluding hydrogens is 306 g/mol. The molecule has 0 fully saturated rings. The molecule has 24 heavy (non-hydrogen) atoms. The lowest BCUT2D eigenvalue weighted by Gasteiger charge is -2.14. The van der Waals surface area contributed by atoms with E-state index in [1.165, 1.54) is 0 Å². The Balaban J connectivity index is 1.74. The molecule has 5 heteroatoms. The molecule has 2 aromatic carbocycles. The van der Waals surface area contributed by atoms with Gasteiger partial charge in [-0.1, -0.05) is 42.5 Å². The molecule has 0 spiro atoms. The van der Waals surface area contributed by atoms with Crippen LogP contribution < -0.4 is 4.74 Å². The summed E-state index contributed by atoms with van der Waals surface area (Å²) in [5.41, 5.74) is 1.58. The van der Waals surface area contributed by atoms with Crippen molar-refractivity contribution in [3.8, 4) is 5.75 Å². The molecule has 0 saturated heterocycles. The highest BCUT2D eigenvalue weighted by molar-refractivity contribution is 6.34. The number of hydrogen-bond acceptors (Lipinski definition) is 4. The number of aliphatic hydroxyl groups excluding tert-OH is 1. The van der Waals surface area contributed by atoms with Gasteiger partial charge < -0.3 is 9.84 Å². The van der Waals surface area contributed by atoms with Crippen LogP contribution >= 0.6 is 0 Å². The van der Waals surface area contributed by atoms with Gasteiger partial charge in [0.05, 0.1) is 12.7 Å². The topological polar surface area (TPSA) is 66.8 Å². The van der Waals surface area contributed by atoms with Crippen molar-refractivity contribution in [2.45, 2.75) is 6.42 Å². The van der Waals surface area contributed by atoms with Crippen LogP contribution in [-0.2, 0) is 16.0 Å². The predicted octanol–water partition coefficient (Wildman–Crippen LogP) is 2.58. The maximum Gasteiger partial charge on any atom is 0.296 e. The summed E-state index contributed by atoms with van der Waals surface area (Å²) in [6.07, 6.45) is 0.511. The first-order chi connectivity index (χ1) is 11.6. The van der Waals surface area contributed by atoms with E-state index in [-0.39, 0.29) is 12.1 Å². The van der Waals surface area contributed by atoms with Crippen LogP contribution in [0.15, 0.2) is 60.4 Å². The van der Waals surface area contributed by atoms with Crippen LogP contribution in [0.3, 0.4) is 0 Å². The minimum Gasteiger partial charge on any atom is -0.502 e. The SMILES string of the molecule is COc1ccc(CCN2C(=O)C(O)=C(c3ccccc3)C2=O)cc1. The minimum atomic E-state index is -0.646. The molecule has 1 aliphatic rings. The van der Waals surface area contributed by atoms with Crippen molar-refractivity contribution in [3.05, 3.63) is 71.5 Å². The first-order valence-electron chi connectivity index (χ1n) is 7.59. The number of carbonyl (C=O) groups excluding carboxylic acids is 2. The standard InChI is InChI=1S/C19H17NO4/c1-24-15-9-7-13(8-10-15)11-12-20-18(22)16(17(21)19(20)23)14-5-3-2-4-6-14/h2-10,21H,11-12H2,1H3. The first-order valence-corrected chi connectivity index (χ1v) is 7.59. The Labute approximate surface area is 139 Å². The molecule has 1 heterocycles. The molecule has 1 aliphatic heterocycles. The van der Waals surface area contributed by atoms with Crippen LogP contribution in [0.5, 0.6) is 5.75 Å². The van der Waals surface area contributed by atoms with E-state index >= 15 is 0 Å². The Bertz CT molecular complexity index is 794. The lowest BCUT2D eigenvalue weighted by atomic mass is 10.1. The number of amides is 2. The second-order valence-electron chi connectivity index (χ2n) is 5.45. The van der Waals surface area contributed by atoms with Gasteiger partial charge in [-0.15, -0.1) is 0 Å². The number of carbonyl (C=O) groups is 2. The van der Waals surface area contributed by atoms with Crippen molar-refractivity contribution < 1.29 is 19.4 Å². The number of benzene rings is 2. The summed E-state index contributed by atoms with van der Waals surface area (Å²) in [5.74, 6) is -0.844. The highest BCUT2D eigenvalue weighted by atomic mass is 16.5. The normalized spacial score (nSPS) is 14.5. The predicted molar refractivity (Wildman–Crippen MR) is 89.4 cm³/mol. The van der Waals surface area contributed by atoms with E-state index in [0.29, 0.717) is 12.0 Å². The second kappa shape index (κ2) is 6.58. The fourth-order valence-corrected chi connectivity index (χ4v) is 2.66. The first kappa shape index (κ1) is 15.8. The zero-order valence-corrected chi connectivity index (χ0v) is 13.2. The average Bonchev–Trinajstić information content (AvgIpc) is 2.83. The summed E-state index contributed by atoms with van der Waals surface area (Å²) < 4.78 is 5.10. The molecule has 0 saturated carbocycles. The summed E-state index contributed by atoms with van der Waals surface area (Å²) in [6, 6.07) is 16.1. The zero-order valence-electron chi connectivity index (χ0n) is 13.2. The minimum absolute atomic E-state index is 0.0651. The largest absolute Gasteiger partial charge is 0.502 e. The number of methoxy groups -OCH3 is 1. The zero-order chi connectivity index (χ0) is 17.1. The van der Waals surface area contributed by atoms with Gasteiger partial charge in [-0.2, -0.15) is 0 Å².